The molecule has 1 rings (SSSR count). The van der Waals surface area contributed by atoms with E-state index in [-0.39, 0.29) is 0 Å². The van der Waals surface area contributed by atoms with Crippen LogP contribution in [0.1, 0.15) is 5.56 Å². The van der Waals surface area contributed by atoms with E-state index in [1.807, 2.05) is 30.3 Å². The fraction of sp³-hybridized carbons (Fsp3) is 0.200. The van der Waals surface area contributed by atoms with Gasteiger partial charge in [-0.1, -0.05) is 36.4 Å². The Balaban J connectivity index is 2.70. The van der Waals surface area contributed by atoms with Crippen LogP contribution >= 0.6 is 0 Å². The lowest BCUT2D eigenvalue weighted by Crippen LogP contribution is -2.07. The topological polar surface area (TPSA) is 60.0 Å². The molecule has 0 aromatic heterocycles. The fourth-order valence-electron chi connectivity index (χ4n) is 1.34. The Morgan fingerprint density at radius 2 is 1.95 bits per heavy atom. The smallest absolute Gasteiger partial charge is 0.194 e. The van der Waals surface area contributed by atoms with E-state index >= 15 is 0 Å². The summed E-state index contributed by atoms with van der Waals surface area (Å²) in [5.74, 6) is 0.296. The number of hydrogen-bond acceptors (Lipinski definition) is 4. The lowest BCUT2D eigenvalue weighted by atomic mass is 10.2. The van der Waals surface area contributed by atoms with Gasteiger partial charge in [0.05, 0.1) is 25.8 Å². The number of rotatable bonds is 7. The van der Waals surface area contributed by atoms with E-state index in [9.17, 15) is 0 Å². The van der Waals surface area contributed by atoms with Crippen molar-refractivity contribution in [2.45, 2.75) is 6.54 Å². The molecule has 0 saturated carbocycles. The van der Waals surface area contributed by atoms with Gasteiger partial charge in [0.25, 0.3) is 0 Å². The molecule has 1 aromatic rings. The van der Waals surface area contributed by atoms with Crippen molar-refractivity contribution in [1.82, 2.24) is 0 Å². The highest BCUT2D eigenvalue weighted by Gasteiger charge is 1.97. The van der Waals surface area contributed by atoms with Gasteiger partial charge in [-0.15, -0.1) is 6.58 Å². The Hall–Kier alpha value is -2.36. The van der Waals surface area contributed by atoms with Gasteiger partial charge in [-0.2, -0.15) is 0 Å². The van der Waals surface area contributed by atoms with Gasteiger partial charge in [0.2, 0.25) is 0 Å². The zero-order valence-corrected chi connectivity index (χ0v) is 11.1. The minimum atomic E-state index is 0.296. The first-order chi connectivity index (χ1) is 9.27. The highest BCUT2D eigenvalue weighted by Crippen LogP contribution is 2.01. The molecule has 0 heterocycles. The number of ether oxygens (including phenoxy) is 1. The number of allylic oxidation sites excluding steroid dienone is 1. The Morgan fingerprint density at radius 3 is 2.58 bits per heavy atom. The molecule has 0 aliphatic rings. The van der Waals surface area contributed by atoms with Gasteiger partial charge in [0.15, 0.2) is 5.88 Å². The van der Waals surface area contributed by atoms with E-state index in [0.717, 1.165) is 5.56 Å². The number of aliphatic imine (C=N–C) groups is 2. The Kier molecular flexibility index (Phi) is 6.72. The van der Waals surface area contributed by atoms with Gasteiger partial charge >= 0.3 is 0 Å². The zero-order valence-electron chi connectivity index (χ0n) is 11.1. The summed E-state index contributed by atoms with van der Waals surface area (Å²) in [6.45, 7) is 4.73. The molecule has 0 unspecified atom stereocenters. The van der Waals surface area contributed by atoms with Crippen LogP contribution in [-0.2, 0) is 11.3 Å². The summed E-state index contributed by atoms with van der Waals surface area (Å²) in [7, 11) is 1.52. The first-order valence-corrected chi connectivity index (χ1v) is 5.96. The molecule has 19 heavy (non-hydrogen) atoms. The molecule has 1 aromatic carbocycles. The van der Waals surface area contributed by atoms with Crippen molar-refractivity contribution in [3.8, 4) is 0 Å². The molecule has 0 atom stereocenters. The summed E-state index contributed by atoms with van der Waals surface area (Å²) in [6.07, 6.45) is 5.01. The number of hydrogen-bond donors (Lipinski definition) is 1. The van der Waals surface area contributed by atoms with Crippen molar-refractivity contribution in [2.75, 3.05) is 13.7 Å². The maximum Gasteiger partial charge on any atom is 0.194 e. The van der Waals surface area contributed by atoms with Crippen LogP contribution in [0.4, 0.5) is 0 Å². The molecule has 0 aliphatic carbocycles. The third-order valence-corrected chi connectivity index (χ3v) is 2.32. The van der Waals surface area contributed by atoms with Crippen LogP contribution in [0, 0.1) is 0 Å². The summed E-state index contributed by atoms with van der Waals surface area (Å²) in [5.41, 5.74) is 7.52. The van der Waals surface area contributed by atoms with Gasteiger partial charge in [-0.3, -0.25) is 9.98 Å². The molecular formula is C15H19N3O. The van der Waals surface area contributed by atoms with Crippen LogP contribution in [0.3, 0.4) is 0 Å². The maximum absolute atomic E-state index is 5.73. The third kappa shape index (κ3) is 5.68. The van der Waals surface area contributed by atoms with Gasteiger partial charge in [-0.25, -0.2) is 0 Å². The second kappa shape index (κ2) is 8.69. The summed E-state index contributed by atoms with van der Waals surface area (Å²) in [4.78, 5) is 8.46. The molecule has 0 aliphatic heterocycles. The zero-order chi connectivity index (χ0) is 13.9. The van der Waals surface area contributed by atoms with Gasteiger partial charge in [0.1, 0.15) is 0 Å². The molecule has 0 amide bonds. The van der Waals surface area contributed by atoms with Crippen molar-refractivity contribution in [3.05, 3.63) is 60.0 Å². The van der Waals surface area contributed by atoms with Crippen molar-refractivity contribution in [3.63, 3.8) is 0 Å². The minimum absolute atomic E-state index is 0.296. The molecule has 0 bridgehead atoms. The van der Waals surface area contributed by atoms with E-state index in [1.54, 1.807) is 18.5 Å². The molecular weight excluding hydrogens is 238 g/mol. The number of methoxy groups -OCH3 is 1. The standard InChI is InChI=1S/C15H19N3O/c1-3-9-17-11-14(15(16)19-2)12-18-10-13-7-5-4-6-8-13/h3-8,11-12H,1,9-10,16H2,2H3. The summed E-state index contributed by atoms with van der Waals surface area (Å²) < 4.78 is 4.99. The van der Waals surface area contributed by atoms with Crippen LogP contribution in [0.25, 0.3) is 0 Å². The first-order valence-electron chi connectivity index (χ1n) is 5.96. The van der Waals surface area contributed by atoms with Gasteiger partial charge < -0.3 is 10.5 Å². The fourth-order valence-corrected chi connectivity index (χ4v) is 1.34. The van der Waals surface area contributed by atoms with Crippen molar-refractivity contribution in [1.29, 1.82) is 0 Å². The lowest BCUT2D eigenvalue weighted by molar-refractivity contribution is 0.287. The molecule has 2 N–H and O–H groups in total. The van der Waals surface area contributed by atoms with Crippen LogP contribution in [0.5, 0.6) is 0 Å². The third-order valence-electron chi connectivity index (χ3n) is 2.32. The molecule has 0 fully saturated rings. The molecule has 0 spiro atoms. The van der Waals surface area contributed by atoms with Gasteiger partial charge in [0, 0.05) is 12.4 Å². The quantitative estimate of drug-likeness (QED) is 0.463. The predicted molar refractivity (Wildman–Crippen MR) is 80.4 cm³/mol. The first kappa shape index (κ1) is 14.7. The molecule has 4 nitrogen and oxygen atoms in total. The average Bonchev–Trinajstić information content (AvgIpc) is 2.46. The predicted octanol–water partition coefficient (Wildman–Crippen LogP) is 2.33. The Bertz CT molecular complexity index is 475. The highest BCUT2D eigenvalue weighted by molar-refractivity contribution is 6.04. The van der Waals surface area contributed by atoms with E-state index in [4.69, 9.17) is 10.5 Å². The van der Waals surface area contributed by atoms with Crippen molar-refractivity contribution >= 4 is 12.4 Å². The van der Waals surface area contributed by atoms with Crippen LogP contribution in [0.2, 0.25) is 0 Å². The highest BCUT2D eigenvalue weighted by atomic mass is 16.5. The monoisotopic (exact) mass is 257 g/mol. The second-order valence-electron chi connectivity index (χ2n) is 3.76. The summed E-state index contributed by atoms with van der Waals surface area (Å²) in [6, 6.07) is 9.98. The Morgan fingerprint density at radius 1 is 1.26 bits per heavy atom. The molecule has 4 heteroatoms. The Labute approximate surface area is 114 Å². The van der Waals surface area contributed by atoms with Crippen LogP contribution in [-0.4, -0.2) is 26.1 Å². The SMILES string of the molecule is C=CCN=CC(C=NCc1ccccc1)=C(N)OC. The van der Waals surface area contributed by atoms with Gasteiger partial charge in [-0.05, 0) is 5.56 Å². The average molecular weight is 257 g/mol. The molecule has 0 saturated heterocycles. The lowest BCUT2D eigenvalue weighted by Gasteiger charge is -2.01. The van der Waals surface area contributed by atoms with Crippen LogP contribution in [0.15, 0.2) is 64.4 Å². The molecule has 100 valence electrons. The summed E-state index contributed by atoms with van der Waals surface area (Å²) >= 11 is 0. The van der Waals surface area contributed by atoms with E-state index in [2.05, 4.69) is 16.6 Å². The van der Waals surface area contributed by atoms with E-state index < -0.39 is 0 Å². The second-order valence-corrected chi connectivity index (χ2v) is 3.76. The normalized spacial score (nSPS) is 12.7. The van der Waals surface area contributed by atoms with Crippen molar-refractivity contribution < 1.29 is 4.74 Å². The largest absolute Gasteiger partial charge is 0.482 e. The number of benzene rings is 1. The van der Waals surface area contributed by atoms with E-state index in [1.165, 1.54) is 7.11 Å². The number of nitrogens with two attached hydrogens (primary N) is 1. The summed E-state index contributed by atoms with van der Waals surface area (Å²) in [5, 5.41) is 0. The van der Waals surface area contributed by atoms with Crippen molar-refractivity contribution in [2.24, 2.45) is 15.7 Å². The van der Waals surface area contributed by atoms with E-state index in [0.29, 0.717) is 24.5 Å². The maximum atomic E-state index is 5.73. The van der Waals surface area contributed by atoms with Crippen LogP contribution < -0.4 is 5.73 Å². The molecule has 0 radical (unpaired) electrons. The minimum Gasteiger partial charge on any atom is -0.482 e. The number of nitrogens with zero attached hydrogens (tertiary/aromatic N) is 2.